The number of ether oxygens (including phenoxy) is 2. The average Bonchev–Trinajstić information content (AvgIpc) is 4.20. The van der Waals surface area contributed by atoms with Crippen LogP contribution >= 0.6 is 0 Å². The third-order valence-corrected chi connectivity index (χ3v) is 16.1. The van der Waals surface area contributed by atoms with E-state index in [9.17, 15) is 19.2 Å². The van der Waals surface area contributed by atoms with Crippen molar-refractivity contribution in [3.8, 4) is 0 Å². The van der Waals surface area contributed by atoms with Gasteiger partial charge in [0.2, 0.25) is 11.8 Å². The first-order valence-corrected chi connectivity index (χ1v) is 25.7. The molecule has 380 valence electrons. The Kier molecular flexibility index (Phi) is 14.2. The molecule has 3 aromatic carbocycles. The number of imidazole rings is 2. The van der Waals surface area contributed by atoms with Gasteiger partial charge in [-0.3, -0.25) is 19.2 Å². The maximum Gasteiger partial charge on any atom is 0.306 e. The summed E-state index contributed by atoms with van der Waals surface area (Å²) < 4.78 is 43.1. The maximum atomic E-state index is 16.6. The number of methoxy groups -OCH3 is 2. The standard InChI is InChI=1S/C55H70F2N8O6/c1-31(2)36(29-48(66)70-7)53(68)63-21-9-11-46(63)51-58-40-15-13-33(25-42(40)60-51)44-17-18-45(65(44)35-27-38(56)50(39(57)28-35)62-23-19-55(5,6)20-24-62)34-14-16-41-43(26-34)61-52(59-41)47-12-10-22-64(47)54(69)37(32(3)4)30-49(67)71-8/h13-16,25-28,31-32,36-37,44-47H,9-12,17-24,29-30H2,1-8H3,(H,58,60)(H,59,61)/t36-,37-,44+,45+,46-,47-/m0/s1. The van der Waals surface area contributed by atoms with Crippen molar-refractivity contribution in [2.75, 3.05) is 50.2 Å². The minimum absolute atomic E-state index is 0.0152. The molecule has 6 atom stereocenters. The number of carbonyl (C=O) groups is 4. The van der Waals surface area contributed by atoms with Crippen molar-refractivity contribution >= 4 is 57.2 Å². The number of rotatable bonds is 14. The molecule has 0 unspecified atom stereocenters. The highest BCUT2D eigenvalue weighted by atomic mass is 19.1. The highest BCUT2D eigenvalue weighted by Gasteiger charge is 2.41. The van der Waals surface area contributed by atoms with Gasteiger partial charge in [-0.25, -0.2) is 18.7 Å². The lowest BCUT2D eigenvalue weighted by Gasteiger charge is -2.39. The van der Waals surface area contributed by atoms with Gasteiger partial charge in [0, 0.05) is 31.9 Å². The second-order valence-corrected chi connectivity index (χ2v) is 21.9. The van der Waals surface area contributed by atoms with Crippen LogP contribution in [0.5, 0.6) is 0 Å². The summed E-state index contributed by atoms with van der Waals surface area (Å²) >= 11 is 0. The van der Waals surface area contributed by atoms with Crippen LogP contribution < -0.4 is 9.80 Å². The number of nitrogens with one attached hydrogen (secondary N) is 2. The number of likely N-dealkylation sites (tertiary alicyclic amines) is 2. The van der Waals surface area contributed by atoms with Crippen molar-refractivity contribution in [2.24, 2.45) is 29.1 Å². The van der Waals surface area contributed by atoms with Gasteiger partial charge in [-0.1, -0.05) is 53.7 Å². The molecule has 2 aromatic heterocycles. The van der Waals surface area contributed by atoms with Crippen LogP contribution in [0.15, 0.2) is 48.5 Å². The normalized spacial score (nSPS) is 22.3. The van der Waals surface area contributed by atoms with Crippen LogP contribution in [-0.2, 0) is 28.7 Å². The third kappa shape index (κ3) is 9.96. The first-order valence-electron chi connectivity index (χ1n) is 25.7. The summed E-state index contributed by atoms with van der Waals surface area (Å²) in [7, 11) is 2.68. The van der Waals surface area contributed by atoms with E-state index in [0.29, 0.717) is 56.4 Å². The molecule has 2 N–H and O–H groups in total. The van der Waals surface area contributed by atoms with E-state index >= 15 is 8.78 Å². The van der Waals surface area contributed by atoms with Gasteiger partial charge in [-0.05, 0) is 116 Å². The molecule has 4 fully saturated rings. The monoisotopic (exact) mass is 977 g/mol. The summed E-state index contributed by atoms with van der Waals surface area (Å²) in [6, 6.07) is 14.1. The number of esters is 2. The molecule has 5 aromatic rings. The summed E-state index contributed by atoms with van der Waals surface area (Å²) in [6.45, 7) is 14.5. The average molecular weight is 977 g/mol. The van der Waals surface area contributed by atoms with Crippen molar-refractivity contribution in [3.63, 3.8) is 0 Å². The summed E-state index contributed by atoms with van der Waals surface area (Å²) in [5, 5.41) is 0. The van der Waals surface area contributed by atoms with Gasteiger partial charge in [0.1, 0.15) is 17.3 Å². The van der Waals surface area contributed by atoms with E-state index in [1.165, 1.54) is 26.4 Å². The van der Waals surface area contributed by atoms with E-state index in [2.05, 4.69) is 40.8 Å². The fourth-order valence-corrected chi connectivity index (χ4v) is 11.8. The Balaban J connectivity index is 1.04. The molecule has 0 bridgehead atoms. The summed E-state index contributed by atoms with van der Waals surface area (Å²) in [4.78, 5) is 77.5. The van der Waals surface area contributed by atoms with Gasteiger partial charge >= 0.3 is 11.9 Å². The number of benzene rings is 3. The van der Waals surface area contributed by atoms with Crippen molar-refractivity contribution in [2.45, 2.75) is 130 Å². The quantitative estimate of drug-likeness (QED) is 0.103. The van der Waals surface area contributed by atoms with E-state index in [4.69, 9.17) is 19.4 Å². The van der Waals surface area contributed by atoms with Gasteiger partial charge < -0.3 is 39.0 Å². The van der Waals surface area contributed by atoms with E-state index in [1.807, 2.05) is 66.7 Å². The number of hydrogen-bond acceptors (Lipinski definition) is 10. The van der Waals surface area contributed by atoms with E-state index in [-0.39, 0.29) is 71.8 Å². The Bertz CT molecular complexity index is 2630. The van der Waals surface area contributed by atoms with Crippen LogP contribution in [0.25, 0.3) is 22.1 Å². The molecule has 4 saturated heterocycles. The lowest BCUT2D eigenvalue weighted by Crippen LogP contribution is -2.39. The van der Waals surface area contributed by atoms with Crippen molar-refractivity contribution in [1.82, 2.24) is 29.7 Å². The van der Waals surface area contributed by atoms with Crippen molar-refractivity contribution < 1.29 is 37.4 Å². The zero-order chi connectivity index (χ0) is 50.5. The Morgan fingerprint density at radius 2 is 1.08 bits per heavy atom. The van der Waals surface area contributed by atoms with Gasteiger partial charge in [0.25, 0.3) is 0 Å². The van der Waals surface area contributed by atoms with Crippen LogP contribution in [0.2, 0.25) is 0 Å². The van der Waals surface area contributed by atoms with Crippen LogP contribution in [0.1, 0.15) is 153 Å². The smallest absolute Gasteiger partial charge is 0.306 e. The number of hydrogen-bond donors (Lipinski definition) is 2. The first-order chi connectivity index (χ1) is 33.9. The lowest BCUT2D eigenvalue weighted by atomic mass is 9.82. The number of aromatic nitrogens is 4. The molecule has 71 heavy (non-hydrogen) atoms. The molecule has 0 aliphatic carbocycles. The predicted molar refractivity (Wildman–Crippen MR) is 268 cm³/mol. The number of nitrogens with zero attached hydrogens (tertiary/aromatic N) is 6. The zero-order valence-electron chi connectivity index (χ0n) is 42.5. The second-order valence-electron chi connectivity index (χ2n) is 21.9. The molecule has 0 radical (unpaired) electrons. The minimum atomic E-state index is -0.590. The summed E-state index contributed by atoms with van der Waals surface area (Å²) in [5.41, 5.74) is 5.54. The van der Waals surface area contributed by atoms with Gasteiger partial charge in [-0.15, -0.1) is 0 Å². The molecule has 2 amide bonds. The molecule has 14 nitrogen and oxygen atoms in total. The Labute approximate surface area is 415 Å². The maximum absolute atomic E-state index is 16.6. The fraction of sp³-hybridized carbons (Fsp3) is 0.564. The highest BCUT2D eigenvalue weighted by Crippen LogP contribution is 2.49. The first kappa shape index (κ1) is 49.9. The van der Waals surface area contributed by atoms with Gasteiger partial charge in [0.05, 0.1) is 85.1 Å². The molecule has 0 saturated carbocycles. The Morgan fingerprint density at radius 1 is 0.648 bits per heavy atom. The molecule has 16 heteroatoms. The van der Waals surface area contributed by atoms with E-state index in [1.54, 1.807) is 0 Å². The molecular weight excluding hydrogens is 907 g/mol. The number of carbonyl (C=O) groups excluding carboxylic acids is 4. The van der Waals surface area contributed by atoms with E-state index < -0.39 is 35.4 Å². The molecular formula is C55H70F2N8O6. The Morgan fingerprint density at radius 3 is 1.49 bits per heavy atom. The fourth-order valence-electron chi connectivity index (χ4n) is 11.8. The zero-order valence-corrected chi connectivity index (χ0v) is 42.5. The van der Waals surface area contributed by atoms with Crippen molar-refractivity contribution in [3.05, 3.63) is 82.9 Å². The van der Waals surface area contributed by atoms with Gasteiger partial charge in [0.15, 0.2) is 11.6 Å². The minimum Gasteiger partial charge on any atom is -0.469 e. The predicted octanol–water partition coefficient (Wildman–Crippen LogP) is 10.4. The third-order valence-electron chi connectivity index (χ3n) is 16.1. The molecule has 4 aliphatic heterocycles. The van der Waals surface area contributed by atoms with Crippen LogP contribution in [-0.4, -0.2) is 93.9 Å². The van der Waals surface area contributed by atoms with Crippen LogP contribution in [0, 0.1) is 40.7 Å². The topological polar surface area (TPSA) is 157 Å². The Hall–Kier alpha value is -6.06. The number of amides is 2. The number of fused-ring (bicyclic) bond motifs is 2. The van der Waals surface area contributed by atoms with E-state index in [0.717, 1.165) is 71.7 Å². The number of halogens is 2. The summed E-state index contributed by atoms with van der Waals surface area (Å²) in [6.07, 6.45) is 6.17. The summed E-state index contributed by atoms with van der Waals surface area (Å²) in [5.74, 6) is -1.93. The number of aromatic amines is 2. The SMILES string of the molecule is COC(=O)C[C@H](C(=O)N1CCC[C@H]1c1nc2cc([C@H]3CC[C@H](c4ccc5[nH]c([C@@H]6CCCN6C(=O)[C@@H](CC(=O)OC)C(C)C)nc5c4)N3c3cc(F)c(N4CCC(C)(C)CC4)c(F)c3)ccc2[nH]1)C(C)C. The van der Waals surface area contributed by atoms with Crippen LogP contribution in [0.4, 0.5) is 20.2 Å². The number of H-pyrrole nitrogens is 2. The molecule has 6 heterocycles. The molecule has 0 spiro atoms. The van der Waals surface area contributed by atoms with Crippen molar-refractivity contribution in [1.29, 1.82) is 0 Å². The molecule has 4 aliphatic rings. The molecule has 9 rings (SSSR count). The largest absolute Gasteiger partial charge is 0.469 e. The highest BCUT2D eigenvalue weighted by molar-refractivity contribution is 5.86. The second kappa shape index (κ2) is 20.2. The van der Waals surface area contributed by atoms with Crippen LogP contribution in [0.3, 0.4) is 0 Å². The van der Waals surface area contributed by atoms with Gasteiger partial charge in [-0.2, -0.15) is 0 Å². The number of piperidine rings is 1. The lowest BCUT2D eigenvalue weighted by molar-refractivity contribution is -0.148. The number of anilines is 2.